The first-order valence-corrected chi connectivity index (χ1v) is 5.74. The number of nitrogens with one attached hydrogen (secondary N) is 1. The predicted octanol–water partition coefficient (Wildman–Crippen LogP) is 2.39. The van der Waals surface area contributed by atoms with Gasteiger partial charge in [-0.3, -0.25) is 4.99 Å². The zero-order valence-electron chi connectivity index (χ0n) is 10.5. The average molecular weight is 351 g/mol. The van der Waals surface area contributed by atoms with Crippen molar-refractivity contribution in [3.05, 3.63) is 24.2 Å². The summed E-state index contributed by atoms with van der Waals surface area (Å²) in [7, 11) is 0. The molecular formula is C12H22IN3O. The molecule has 4 nitrogen and oxygen atoms in total. The van der Waals surface area contributed by atoms with Crippen molar-refractivity contribution in [2.45, 2.75) is 26.7 Å². The number of aliphatic imine (C=N–C) groups is 1. The Morgan fingerprint density at radius 2 is 2.29 bits per heavy atom. The van der Waals surface area contributed by atoms with E-state index in [2.05, 4.69) is 24.2 Å². The average Bonchev–Trinajstić information content (AvgIpc) is 2.70. The molecule has 3 N–H and O–H groups in total. The zero-order valence-corrected chi connectivity index (χ0v) is 12.8. The Kier molecular flexibility index (Phi) is 8.93. The smallest absolute Gasteiger partial charge is 0.188 e. The number of hydrogen-bond acceptors (Lipinski definition) is 2. The van der Waals surface area contributed by atoms with Gasteiger partial charge in [0.1, 0.15) is 5.76 Å². The Morgan fingerprint density at radius 3 is 2.88 bits per heavy atom. The van der Waals surface area contributed by atoms with E-state index in [-0.39, 0.29) is 24.0 Å². The maximum atomic E-state index is 5.71. The largest absolute Gasteiger partial charge is 0.469 e. The maximum absolute atomic E-state index is 5.71. The lowest BCUT2D eigenvalue weighted by molar-refractivity contribution is 0.507. The Balaban J connectivity index is 0.00000256. The molecule has 0 atom stereocenters. The van der Waals surface area contributed by atoms with Crippen molar-refractivity contribution >= 4 is 29.9 Å². The van der Waals surface area contributed by atoms with E-state index in [1.165, 1.54) is 0 Å². The Hall–Kier alpha value is -0.720. The van der Waals surface area contributed by atoms with Gasteiger partial charge in [-0.1, -0.05) is 13.8 Å². The van der Waals surface area contributed by atoms with E-state index < -0.39 is 0 Å². The summed E-state index contributed by atoms with van der Waals surface area (Å²) >= 11 is 0. The number of furan rings is 1. The van der Waals surface area contributed by atoms with Crippen LogP contribution in [-0.2, 0) is 6.42 Å². The molecule has 0 spiro atoms. The normalized spacial score (nSPS) is 11.4. The molecule has 0 saturated carbocycles. The standard InChI is InChI=1S/C12H21N3O.HI/c1-10(2)5-7-14-12(13)15-8-6-11-4-3-9-16-11;/h3-4,9-10H,5-8H2,1-2H3,(H3,13,14,15);1H. The lowest BCUT2D eigenvalue weighted by atomic mass is 10.1. The van der Waals surface area contributed by atoms with Crippen LogP contribution in [-0.4, -0.2) is 19.0 Å². The molecule has 98 valence electrons. The van der Waals surface area contributed by atoms with Gasteiger partial charge in [0.15, 0.2) is 5.96 Å². The first-order valence-electron chi connectivity index (χ1n) is 5.74. The number of rotatable bonds is 6. The van der Waals surface area contributed by atoms with Crippen LogP contribution in [0.2, 0.25) is 0 Å². The molecule has 0 aliphatic heterocycles. The van der Waals surface area contributed by atoms with Crippen LogP contribution in [0.3, 0.4) is 0 Å². The number of halogens is 1. The summed E-state index contributed by atoms with van der Waals surface area (Å²) in [6.07, 6.45) is 3.57. The van der Waals surface area contributed by atoms with Gasteiger partial charge in [0.05, 0.1) is 6.26 Å². The van der Waals surface area contributed by atoms with Gasteiger partial charge in [-0.15, -0.1) is 24.0 Å². The topological polar surface area (TPSA) is 63.5 Å². The lowest BCUT2D eigenvalue weighted by Gasteiger charge is -2.05. The second-order valence-corrected chi connectivity index (χ2v) is 4.21. The monoisotopic (exact) mass is 351 g/mol. The Bertz CT molecular complexity index is 310. The van der Waals surface area contributed by atoms with Crippen molar-refractivity contribution in [2.75, 3.05) is 13.1 Å². The third kappa shape index (κ3) is 8.06. The number of hydrogen-bond donors (Lipinski definition) is 2. The molecule has 0 unspecified atom stereocenters. The van der Waals surface area contributed by atoms with E-state index in [4.69, 9.17) is 10.2 Å². The van der Waals surface area contributed by atoms with E-state index >= 15 is 0 Å². The van der Waals surface area contributed by atoms with Gasteiger partial charge < -0.3 is 15.5 Å². The van der Waals surface area contributed by atoms with E-state index in [9.17, 15) is 0 Å². The Labute approximate surface area is 120 Å². The van der Waals surface area contributed by atoms with Gasteiger partial charge >= 0.3 is 0 Å². The molecule has 5 heteroatoms. The van der Waals surface area contributed by atoms with Gasteiger partial charge in [-0.05, 0) is 24.5 Å². The molecule has 17 heavy (non-hydrogen) atoms. The fourth-order valence-electron chi connectivity index (χ4n) is 1.27. The summed E-state index contributed by atoms with van der Waals surface area (Å²) in [6.45, 7) is 5.90. The molecule has 0 fully saturated rings. The van der Waals surface area contributed by atoms with Crippen LogP contribution in [0, 0.1) is 5.92 Å². The highest BCUT2D eigenvalue weighted by Crippen LogP contribution is 1.99. The highest BCUT2D eigenvalue weighted by atomic mass is 127. The number of nitrogens with zero attached hydrogens (tertiary/aromatic N) is 1. The van der Waals surface area contributed by atoms with Crippen LogP contribution < -0.4 is 11.1 Å². The molecule has 1 aromatic heterocycles. The SMILES string of the molecule is CC(C)CCN=C(N)NCCc1ccco1.I. The first-order chi connectivity index (χ1) is 7.68. The van der Waals surface area contributed by atoms with Crippen molar-refractivity contribution in [3.63, 3.8) is 0 Å². The molecular weight excluding hydrogens is 329 g/mol. The predicted molar refractivity (Wildman–Crippen MR) is 81.8 cm³/mol. The fraction of sp³-hybridized carbons (Fsp3) is 0.583. The lowest BCUT2D eigenvalue weighted by Crippen LogP contribution is -2.33. The van der Waals surface area contributed by atoms with Gasteiger partial charge in [0, 0.05) is 19.5 Å². The van der Waals surface area contributed by atoms with E-state index in [1.54, 1.807) is 6.26 Å². The highest BCUT2D eigenvalue weighted by Gasteiger charge is 1.96. The number of nitrogens with two attached hydrogens (primary N) is 1. The summed E-state index contributed by atoms with van der Waals surface area (Å²) in [5, 5.41) is 3.06. The third-order valence-corrected chi connectivity index (χ3v) is 2.25. The summed E-state index contributed by atoms with van der Waals surface area (Å²) in [6, 6.07) is 3.84. The molecule has 0 aliphatic rings. The van der Waals surface area contributed by atoms with Crippen LogP contribution in [0.5, 0.6) is 0 Å². The molecule has 1 heterocycles. The summed E-state index contributed by atoms with van der Waals surface area (Å²) in [4.78, 5) is 4.24. The fourth-order valence-corrected chi connectivity index (χ4v) is 1.27. The van der Waals surface area contributed by atoms with Crippen LogP contribution in [0.25, 0.3) is 0 Å². The highest BCUT2D eigenvalue weighted by molar-refractivity contribution is 14.0. The molecule has 0 amide bonds. The molecule has 0 saturated heterocycles. The van der Waals surface area contributed by atoms with Crippen molar-refractivity contribution in [1.29, 1.82) is 0 Å². The minimum absolute atomic E-state index is 0. The first kappa shape index (κ1) is 16.3. The van der Waals surface area contributed by atoms with Gasteiger partial charge in [0.25, 0.3) is 0 Å². The molecule has 0 bridgehead atoms. The van der Waals surface area contributed by atoms with Crippen LogP contribution >= 0.6 is 24.0 Å². The van der Waals surface area contributed by atoms with Crippen LogP contribution in [0.15, 0.2) is 27.8 Å². The van der Waals surface area contributed by atoms with Crippen molar-refractivity contribution < 1.29 is 4.42 Å². The van der Waals surface area contributed by atoms with Gasteiger partial charge in [0.2, 0.25) is 0 Å². The second kappa shape index (κ2) is 9.32. The summed E-state index contributed by atoms with van der Waals surface area (Å²) < 4.78 is 5.21. The quantitative estimate of drug-likeness (QED) is 0.470. The van der Waals surface area contributed by atoms with Crippen molar-refractivity contribution in [1.82, 2.24) is 5.32 Å². The van der Waals surface area contributed by atoms with Gasteiger partial charge in [-0.25, -0.2) is 0 Å². The maximum Gasteiger partial charge on any atom is 0.188 e. The van der Waals surface area contributed by atoms with E-state index in [1.807, 2.05) is 12.1 Å². The zero-order chi connectivity index (χ0) is 11.8. The molecule has 0 aromatic carbocycles. The van der Waals surface area contributed by atoms with Gasteiger partial charge in [-0.2, -0.15) is 0 Å². The van der Waals surface area contributed by atoms with E-state index in [0.29, 0.717) is 11.9 Å². The molecule has 0 radical (unpaired) electrons. The number of guanidine groups is 1. The minimum Gasteiger partial charge on any atom is -0.469 e. The molecule has 1 aromatic rings. The Morgan fingerprint density at radius 1 is 1.53 bits per heavy atom. The molecule has 0 aliphatic carbocycles. The summed E-state index contributed by atoms with van der Waals surface area (Å²) in [5.74, 6) is 2.15. The summed E-state index contributed by atoms with van der Waals surface area (Å²) in [5.41, 5.74) is 5.71. The van der Waals surface area contributed by atoms with Crippen molar-refractivity contribution in [3.8, 4) is 0 Å². The van der Waals surface area contributed by atoms with Crippen LogP contribution in [0.1, 0.15) is 26.0 Å². The third-order valence-electron chi connectivity index (χ3n) is 2.25. The second-order valence-electron chi connectivity index (χ2n) is 4.21. The van der Waals surface area contributed by atoms with Crippen molar-refractivity contribution in [2.24, 2.45) is 16.6 Å². The minimum atomic E-state index is 0. The van der Waals surface area contributed by atoms with E-state index in [0.717, 1.165) is 31.7 Å². The van der Waals surface area contributed by atoms with Crippen LogP contribution in [0.4, 0.5) is 0 Å². The molecule has 1 rings (SSSR count).